The van der Waals surface area contributed by atoms with E-state index in [2.05, 4.69) is 10.4 Å². The van der Waals surface area contributed by atoms with Crippen LogP contribution in [0.3, 0.4) is 0 Å². The average Bonchev–Trinajstić information content (AvgIpc) is 3.22. The molecule has 2 aliphatic rings. The van der Waals surface area contributed by atoms with E-state index in [4.69, 9.17) is 0 Å². The summed E-state index contributed by atoms with van der Waals surface area (Å²) in [6, 6.07) is 4.81. The van der Waals surface area contributed by atoms with Crippen LogP contribution in [0.4, 0.5) is 13.2 Å². The monoisotopic (exact) mass is 397 g/mol. The minimum Gasteiger partial charge on any atom is -0.348 e. The van der Waals surface area contributed by atoms with Gasteiger partial charge in [-0.05, 0) is 37.5 Å². The molecule has 2 heterocycles. The smallest absolute Gasteiger partial charge is 0.348 e. The molecule has 1 aliphatic heterocycles. The van der Waals surface area contributed by atoms with Gasteiger partial charge in [-0.25, -0.2) is 4.68 Å². The summed E-state index contributed by atoms with van der Waals surface area (Å²) in [6.45, 7) is 0. The summed E-state index contributed by atoms with van der Waals surface area (Å²) in [5, 5.41) is 7.09. The lowest BCUT2D eigenvalue weighted by atomic mass is 10.1. The summed E-state index contributed by atoms with van der Waals surface area (Å²) in [4.78, 5) is 12.7. The predicted molar refractivity (Wildman–Crippen MR) is 94.3 cm³/mol. The zero-order valence-electron chi connectivity index (χ0n) is 14.3. The number of alkyl halides is 3. The van der Waals surface area contributed by atoms with Crippen LogP contribution in [0.15, 0.2) is 30.5 Å². The van der Waals surface area contributed by atoms with Crippen molar-refractivity contribution in [2.24, 2.45) is 0 Å². The van der Waals surface area contributed by atoms with Crippen LogP contribution in [0.5, 0.6) is 0 Å². The van der Waals surface area contributed by atoms with E-state index in [1.54, 1.807) is 6.07 Å². The summed E-state index contributed by atoms with van der Waals surface area (Å²) < 4.78 is 52.0. The Morgan fingerprint density at radius 2 is 2.04 bits per heavy atom. The lowest BCUT2D eigenvalue weighted by Crippen LogP contribution is -2.35. The Labute approximate surface area is 156 Å². The van der Waals surface area contributed by atoms with Crippen molar-refractivity contribution in [3.8, 4) is 5.69 Å². The first-order chi connectivity index (χ1) is 12.8. The van der Waals surface area contributed by atoms with Crippen molar-refractivity contribution in [3.05, 3.63) is 47.3 Å². The van der Waals surface area contributed by atoms with Gasteiger partial charge in [0.15, 0.2) is 0 Å². The number of amides is 1. The molecule has 1 aliphatic carbocycles. The molecule has 2 atom stereocenters. The van der Waals surface area contributed by atoms with Gasteiger partial charge in [0.2, 0.25) is 0 Å². The van der Waals surface area contributed by atoms with Crippen LogP contribution in [-0.4, -0.2) is 37.4 Å². The Bertz CT molecular complexity index is 905. The lowest BCUT2D eigenvalue weighted by Gasteiger charge is -2.13. The highest BCUT2D eigenvalue weighted by molar-refractivity contribution is 7.85. The van der Waals surface area contributed by atoms with E-state index in [9.17, 15) is 22.2 Å². The third kappa shape index (κ3) is 3.78. The number of rotatable bonds is 4. The first-order valence-corrected chi connectivity index (χ1v) is 10.2. The van der Waals surface area contributed by atoms with Gasteiger partial charge in [0, 0.05) is 34.3 Å². The summed E-state index contributed by atoms with van der Waals surface area (Å²) >= 11 is 0. The zero-order valence-corrected chi connectivity index (χ0v) is 15.1. The van der Waals surface area contributed by atoms with Crippen molar-refractivity contribution in [1.29, 1.82) is 0 Å². The number of halogens is 3. The van der Waals surface area contributed by atoms with Gasteiger partial charge in [0.25, 0.3) is 5.91 Å². The van der Waals surface area contributed by atoms with E-state index in [1.165, 1.54) is 16.9 Å². The van der Waals surface area contributed by atoms with Crippen molar-refractivity contribution in [1.82, 2.24) is 15.1 Å². The summed E-state index contributed by atoms with van der Waals surface area (Å²) in [7, 11) is -0.905. The van der Waals surface area contributed by atoms with Crippen molar-refractivity contribution in [2.45, 2.75) is 37.4 Å². The second-order valence-electron chi connectivity index (χ2n) is 6.95. The quantitative estimate of drug-likeness (QED) is 0.863. The maximum Gasteiger partial charge on any atom is 0.416 e. The van der Waals surface area contributed by atoms with Crippen LogP contribution in [0.1, 0.15) is 46.8 Å². The molecule has 2 fully saturated rings. The molecule has 144 valence electrons. The van der Waals surface area contributed by atoms with E-state index >= 15 is 0 Å². The van der Waals surface area contributed by atoms with Crippen LogP contribution >= 0.6 is 0 Å². The molecule has 1 N–H and O–H groups in total. The first kappa shape index (κ1) is 18.2. The molecule has 1 saturated carbocycles. The fraction of sp³-hybridized carbons (Fsp3) is 0.444. The Hall–Kier alpha value is -2.16. The topological polar surface area (TPSA) is 64.0 Å². The molecular formula is C18H18F3N3O2S. The van der Waals surface area contributed by atoms with Crippen molar-refractivity contribution in [2.75, 3.05) is 11.5 Å². The highest BCUT2D eigenvalue weighted by atomic mass is 32.2. The molecule has 1 saturated heterocycles. The molecule has 4 rings (SSSR count). The van der Waals surface area contributed by atoms with E-state index in [0.29, 0.717) is 29.2 Å². The standard InChI is InChI=1S/C18H18F3N3O2S/c19-18(20,21)12-2-1-3-14(8-12)24-16(11-4-5-11)15(9-22-24)17(25)23-13-6-7-27(26)10-13/h1-3,8-9,11,13H,4-7,10H2,(H,23,25)/t13-,27-/m1/s1. The second-order valence-corrected chi connectivity index (χ2v) is 8.57. The van der Waals surface area contributed by atoms with Crippen molar-refractivity contribution in [3.63, 3.8) is 0 Å². The Morgan fingerprint density at radius 3 is 2.67 bits per heavy atom. The van der Waals surface area contributed by atoms with Crippen LogP contribution < -0.4 is 5.32 Å². The number of benzene rings is 1. The largest absolute Gasteiger partial charge is 0.416 e. The lowest BCUT2D eigenvalue weighted by molar-refractivity contribution is -0.137. The second kappa shape index (κ2) is 6.78. The summed E-state index contributed by atoms with van der Waals surface area (Å²) in [5.74, 6) is 0.815. The Balaban J connectivity index is 1.65. The molecule has 1 amide bonds. The Kier molecular flexibility index (Phi) is 4.57. The number of nitrogens with one attached hydrogen (secondary N) is 1. The molecule has 1 aromatic heterocycles. The van der Waals surface area contributed by atoms with Gasteiger partial charge in [0.1, 0.15) is 0 Å². The van der Waals surface area contributed by atoms with E-state index in [1.807, 2.05) is 0 Å². The molecule has 0 spiro atoms. The van der Waals surface area contributed by atoms with E-state index in [0.717, 1.165) is 25.0 Å². The predicted octanol–water partition coefficient (Wildman–Crippen LogP) is 3.02. The van der Waals surface area contributed by atoms with Gasteiger partial charge >= 0.3 is 6.18 Å². The number of carbonyl (C=O) groups is 1. The highest BCUT2D eigenvalue weighted by Gasteiger charge is 2.35. The van der Waals surface area contributed by atoms with E-state index in [-0.39, 0.29) is 23.6 Å². The third-order valence-corrected chi connectivity index (χ3v) is 6.31. The number of carbonyl (C=O) groups excluding carboxylic acids is 1. The van der Waals surface area contributed by atoms with Crippen LogP contribution in [0.25, 0.3) is 5.69 Å². The fourth-order valence-electron chi connectivity index (χ4n) is 3.34. The maximum absolute atomic E-state index is 13.0. The van der Waals surface area contributed by atoms with Gasteiger partial charge in [0.05, 0.1) is 28.7 Å². The van der Waals surface area contributed by atoms with Gasteiger partial charge < -0.3 is 5.32 Å². The average molecular weight is 397 g/mol. The van der Waals surface area contributed by atoms with Crippen molar-refractivity contribution < 1.29 is 22.2 Å². The molecule has 5 nitrogen and oxygen atoms in total. The minimum atomic E-state index is -4.44. The van der Waals surface area contributed by atoms with E-state index < -0.39 is 22.5 Å². The molecule has 0 bridgehead atoms. The third-order valence-electron chi connectivity index (χ3n) is 4.85. The summed E-state index contributed by atoms with van der Waals surface area (Å²) in [6.07, 6.45) is -0.619. The number of hydrogen-bond acceptors (Lipinski definition) is 3. The summed E-state index contributed by atoms with van der Waals surface area (Å²) in [5.41, 5.74) is 0.558. The van der Waals surface area contributed by atoms with Gasteiger partial charge in [-0.3, -0.25) is 9.00 Å². The van der Waals surface area contributed by atoms with Gasteiger partial charge in [-0.15, -0.1) is 0 Å². The molecule has 27 heavy (non-hydrogen) atoms. The molecule has 0 radical (unpaired) electrons. The van der Waals surface area contributed by atoms with Crippen LogP contribution in [0.2, 0.25) is 0 Å². The molecule has 9 heteroatoms. The normalized spacial score (nSPS) is 22.8. The first-order valence-electron chi connectivity index (χ1n) is 8.74. The fourth-order valence-corrected chi connectivity index (χ4v) is 4.76. The van der Waals surface area contributed by atoms with Crippen molar-refractivity contribution >= 4 is 16.7 Å². The Morgan fingerprint density at radius 1 is 1.26 bits per heavy atom. The SMILES string of the molecule is O=C(N[C@@H]1CC[S@@](=O)C1)c1cnn(-c2cccc(C(F)(F)F)c2)c1C1CC1. The van der Waals surface area contributed by atoms with Crippen LogP contribution in [-0.2, 0) is 17.0 Å². The van der Waals surface area contributed by atoms with Gasteiger partial charge in [-0.1, -0.05) is 6.07 Å². The molecule has 2 aromatic rings. The molecule has 1 aromatic carbocycles. The number of aromatic nitrogens is 2. The molecule has 0 unspecified atom stereocenters. The molecular weight excluding hydrogens is 379 g/mol. The maximum atomic E-state index is 13.0. The highest BCUT2D eigenvalue weighted by Crippen LogP contribution is 2.43. The van der Waals surface area contributed by atoms with Crippen LogP contribution in [0, 0.1) is 0 Å². The van der Waals surface area contributed by atoms with Gasteiger partial charge in [-0.2, -0.15) is 18.3 Å². The minimum absolute atomic E-state index is 0.112. The number of hydrogen-bond donors (Lipinski definition) is 1. The zero-order chi connectivity index (χ0) is 19.2. The number of nitrogens with zero attached hydrogens (tertiary/aromatic N) is 2.